The fourth-order valence-corrected chi connectivity index (χ4v) is 3.34. The molecule has 8 heteroatoms. The molecule has 2 aromatic heterocycles. The van der Waals surface area contributed by atoms with Crippen LogP contribution in [-0.4, -0.2) is 29.3 Å². The number of hydrogen-bond acceptors (Lipinski definition) is 6. The average molecular weight is 424 g/mol. The first-order valence-electron chi connectivity index (χ1n) is 9.73. The SMILES string of the molecule is CNC(=O)c1c(-c2ccc(F)cc2)oc2cc(-c3cc(CO)on3)c(OC(C)C)cc12. The van der Waals surface area contributed by atoms with Gasteiger partial charge in [-0.05, 0) is 50.2 Å². The summed E-state index contributed by atoms with van der Waals surface area (Å²) in [5.41, 5.74) is 2.36. The van der Waals surface area contributed by atoms with Crippen molar-refractivity contribution in [2.75, 3.05) is 7.05 Å². The molecule has 0 atom stereocenters. The fourth-order valence-electron chi connectivity index (χ4n) is 3.34. The second-order valence-corrected chi connectivity index (χ2v) is 7.24. The zero-order valence-electron chi connectivity index (χ0n) is 17.2. The average Bonchev–Trinajstić information content (AvgIpc) is 3.37. The fraction of sp³-hybridized carbons (Fsp3) is 0.217. The van der Waals surface area contributed by atoms with Crippen LogP contribution in [0.5, 0.6) is 5.75 Å². The number of aromatic nitrogens is 1. The Kier molecular flexibility index (Phi) is 5.48. The summed E-state index contributed by atoms with van der Waals surface area (Å²) < 4.78 is 30.6. The molecule has 0 aliphatic heterocycles. The van der Waals surface area contributed by atoms with Gasteiger partial charge >= 0.3 is 0 Å². The second-order valence-electron chi connectivity index (χ2n) is 7.24. The molecule has 4 aromatic rings. The summed E-state index contributed by atoms with van der Waals surface area (Å²) in [6.45, 7) is 3.48. The monoisotopic (exact) mass is 424 g/mol. The van der Waals surface area contributed by atoms with Crippen molar-refractivity contribution in [3.8, 4) is 28.3 Å². The molecule has 0 aliphatic rings. The Morgan fingerprint density at radius 2 is 1.97 bits per heavy atom. The van der Waals surface area contributed by atoms with E-state index in [1.165, 1.54) is 19.2 Å². The zero-order valence-corrected chi connectivity index (χ0v) is 17.2. The highest BCUT2D eigenvalue weighted by molar-refractivity contribution is 6.12. The maximum atomic E-state index is 13.4. The molecule has 160 valence electrons. The number of furan rings is 1. The molecule has 1 amide bonds. The van der Waals surface area contributed by atoms with E-state index >= 15 is 0 Å². The zero-order chi connectivity index (χ0) is 22.1. The van der Waals surface area contributed by atoms with Gasteiger partial charge in [0.1, 0.15) is 35.2 Å². The molecule has 0 bridgehead atoms. The minimum atomic E-state index is -0.387. The summed E-state index contributed by atoms with van der Waals surface area (Å²) in [6, 6.07) is 10.8. The van der Waals surface area contributed by atoms with Gasteiger partial charge in [0.2, 0.25) is 0 Å². The summed E-state index contributed by atoms with van der Waals surface area (Å²) in [6.07, 6.45) is -0.146. The standard InChI is InChI=1S/C23H21FN2O5/c1-12(2)29-19-10-17-20(9-16(19)18-8-15(11-27)31-26-18)30-22(21(17)23(28)25-3)13-4-6-14(24)7-5-13/h4-10,12,27H,11H2,1-3H3,(H,25,28). The van der Waals surface area contributed by atoms with Gasteiger partial charge in [0, 0.05) is 29.6 Å². The Morgan fingerprint density at radius 1 is 1.23 bits per heavy atom. The van der Waals surface area contributed by atoms with E-state index in [-0.39, 0.29) is 24.4 Å². The van der Waals surface area contributed by atoms with Crippen molar-refractivity contribution in [1.29, 1.82) is 0 Å². The van der Waals surface area contributed by atoms with Gasteiger partial charge in [0.15, 0.2) is 5.76 Å². The summed E-state index contributed by atoms with van der Waals surface area (Å²) in [5, 5.41) is 16.5. The minimum absolute atomic E-state index is 0.146. The molecular weight excluding hydrogens is 403 g/mol. The Labute approximate surface area is 177 Å². The van der Waals surface area contributed by atoms with Gasteiger partial charge < -0.3 is 24.1 Å². The summed E-state index contributed by atoms with van der Waals surface area (Å²) in [4.78, 5) is 12.7. The number of carbonyl (C=O) groups is 1. The normalized spacial score (nSPS) is 11.3. The molecule has 0 saturated heterocycles. The number of rotatable bonds is 6. The van der Waals surface area contributed by atoms with Gasteiger partial charge in [-0.25, -0.2) is 4.39 Å². The first-order valence-corrected chi connectivity index (χ1v) is 9.73. The number of amides is 1. The predicted molar refractivity (Wildman–Crippen MR) is 112 cm³/mol. The van der Waals surface area contributed by atoms with Crippen LogP contribution in [0.25, 0.3) is 33.6 Å². The van der Waals surface area contributed by atoms with Crippen molar-refractivity contribution in [3.05, 3.63) is 59.6 Å². The van der Waals surface area contributed by atoms with Gasteiger partial charge in [-0.1, -0.05) is 5.16 Å². The highest BCUT2D eigenvalue weighted by Crippen LogP contribution is 2.40. The van der Waals surface area contributed by atoms with Crippen LogP contribution in [0.4, 0.5) is 4.39 Å². The number of fused-ring (bicyclic) bond motifs is 1. The largest absolute Gasteiger partial charge is 0.490 e. The lowest BCUT2D eigenvalue weighted by Crippen LogP contribution is -2.18. The number of aliphatic hydroxyl groups is 1. The van der Waals surface area contributed by atoms with Crippen LogP contribution in [0, 0.1) is 5.82 Å². The molecule has 0 fully saturated rings. The molecule has 31 heavy (non-hydrogen) atoms. The van der Waals surface area contributed by atoms with E-state index in [4.69, 9.17) is 13.7 Å². The van der Waals surface area contributed by atoms with Crippen LogP contribution >= 0.6 is 0 Å². The smallest absolute Gasteiger partial charge is 0.255 e. The van der Waals surface area contributed by atoms with Crippen molar-refractivity contribution in [3.63, 3.8) is 0 Å². The van der Waals surface area contributed by atoms with Gasteiger partial charge in [0.25, 0.3) is 5.91 Å². The van der Waals surface area contributed by atoms with Crippen LogP contribution in [-0.2, 0) is 6.61 Å². The van der Waals surface area contributed by atoms with Crippen LogP contribution in [0.1, 0.15) is 30.0 Å². The minimum Gasteiger partial charge on any atom is -0.490 e. The highest BCUT2D eigenvalue weighted by Gasteiger charge is 2.25. The molecular formula is C23H21FN2O5. The number of hydrogen-bond donors (Lipinski definition) is 2. The van der Waals surface area contributed by atoms with Crippen molar-refractivity contribution >= 4 is 16.9 Å². The first-order chi connectivity index (χ1) is 14.9. The molecule has 0 spiro atoms. The third kappa shape index (κ3) is 3.89. The highest BCUT2D eigenvalue weighted by atomic mass is 19.1. The number of carbonyl (C=O) groups excluding carboxylic acids is 1. The Balaban J connectivity index is 1.98. The molecule has 2 aromatic carbocycles. The van der Waals surface area contributed by atoms with E-state index in [2.05, 4.69) is 10.5 Å². The third-order valence-corrected chi connectivity index (χ3v) is 4.70. The number of ether oxygens (including phenoxy) is 1. The number of aliphatic hydroxyl groups excluding tert-OH is 1. The maximum Gasteiger partial charge on any atom is 0.255 e. The second kappa shape index (κ2) is 8.23. The quantitative estimate of drug-likeness (QED) is 0.472. The van der Waals surface area contributed by atoms with Gasteiger partial charge in [-0.2, -0.15) is 0 Å². The molecule has 0 radical (unpaired) electrons. The molecule has 0 unspecified atom stereocenters. The molecule has 0 saturated carbocycles. The lowest BCUT2D eigenvalue weighted by Gasteiger charge is -2.13. The van der Waals surface area contributed by atoms with Crippen LogP contribution < -0.4 is 10.1 Å². The van der Waals surface area contributed by atoms with Crippen molar-refractivity contribution in [2.24, 2.45) is 0 Å². The Bertz CT molecular complexity index is 1240. The molecule has 2 N–H and O–H groups in total. The lowest BCUT2D eigenvalue weighted by molar-refractivity contribution is 0.0964. The lowest BCUT2D eigenvalue weighted by atomic mass is 10.0. The van der Waals surface area contributed by atoms with E-state index in [9.17, 15) is 14.3 Å². The first kappa shape index (κ1) is 20.6. The summed E-state index contributed by atoms with van der Waals surface area (Å²) >= 11 is 0. The van der Waals surface area contributed by atoms with Crippen LogP contribution in [0.3, 0.4) is 0 Å². The van der Waals surface area contributed by atoms with Gasteiger partial charge in [-0.15, -0.1) is 0 Å². The van der Waals surface area contributed by atoms with Gasteiger partial charge in [-0.3, -0.25) is 4.79 Å². The van der Waals surface area contributed by atoms with Gasteiger partial charge in [0.05, 0.1) is 11.7 Å². The van der Waals surface area contributed by atoms with E-state index in [0.717, 1.165) is 0 Å². The van der Waals surface area contributed by atoms with E-state index in [0.29, 0.717) is 50.6 Å². The molecule has 7 nitrogen and oxygen atoms in total. The Morgan fingerprint density at radius 3 is 2.58 bits per heavy atom. The van der Waals surface area contributed by atoms with Crippen LogP contribution in [0.15, 0.2) is 51.4 Å². The van der Waals surface area contributed by atoms with Crippen LogP contribution in [0.2, 0.25) is 0 Å². The Hall–Kier alpha value is -3.65. The van der Waals surface area contributed by atoms with E-state index in [1.807, 2.05) is 13.8 Å². The van der Waals surface area contributed by atoms with Crippen molar-refractivity contribution < 1.29 is 28.0 Å². The van der Waals surface area contributed by atoms with E-state index in [1.54, 1.807) is 30.3 Å². The predicted octanol–water partition coefficient (Wildman–Crippen LogP) is 4.53. The van der Waals surface area contributed by atoms with Crippen molar-refractivity contribution in [1.82, 2.24) is 10.5 Å². The number of benzene rings is 2. The maximum absolute atomic E-state index is 13.4. The number of nitrogens with zero attached hydrogens (tertiary/aromatic N) is 1. The summed E-state index contributed by atoms with van der Waals surface area (Å²) in [5.74, 6) is 0.380. The van der Waals surface area contributed by atoms with Crippen molar-refractivity contribution in [2.45, 2.75) is 26.6 Å². The number of halogens is 1. The summed E-state index contributed by atoms with van der Waals surface area (Å²) in [7, 11) is 1.53. The number of nitrogens with one attached hydrogen (secondary N) is 1. The molecule has 0 aliphatic carbocycles. The molecule has 4 rings (SSSR count). The topological polar surface area (TPSA) is 97.7 Å². The third-order valence-electron chi connectivity index (χ3n) is 4.70. The molecule has 2 heterocycles. The van der Waals surface area contributed by atoms with E-state index < -0.39 is 0 Å².